The highest BCUT2D eigenvalue weighted by Crippen LogP contribution is 2.19. The van der Waals surface area contributed by atoms with Crippen molar-refractivity contribution in [2.24, 2.45) is 0 Å². The second kappa shape index (κ2) is 3.72. The second-order valence-corrected chi connectivity index (χ2v) is 3.12. The van der Waals surface area contributed by atoms with Gasteiger partial charge in [-0.1, -0.05) is 6.92 Å². The van der Waals surface area contributed by atoms with Crippen LogP contribution in [0.2, 0.25) is 0 Å². The van der Waals surface area contributed by atoms with Crippen LogP contribution in [0.3, 0.4) is 0 Å². The molecule has 0 bridgehead atoms. The van der Waals surface area contributed by atoms with Crippen LogP contribution in [0.1, 0.15) is 26.7 Å². The molecular formula is C8H16N2O. The summed E-state index contributed by atoms with van der Waals surface area (Å²) < 4.78 is 0. The minimum Gasteiger partial charge on any atom is -0.353 e. The Morgan fingerprint density at radius 2 is 2.09 bits per heavy atom. The van der Waals surface area contributed by atoms with Crippen molar-refractivity contribution < 1.29 is 4.79 Å². The first kappa shape index (κ1) is 8.53. The fraction of sp³-hybridized carbons (Fsp3) is 0.875. The quantitative estimate of drug-likeness (QED) is 0.615. The zero-order valence-corrected chi connectivity index (χ0v) is 7.18. The molecule has 0 spiro atoms. The number of rotatable bonds is 3. The molecule has 3 nitrogen and oxygen atoms in total. The summed E-state index contributed by atoms with van der Waals surface area (Å²) in [6, 6.07) is 1.06. The Labute approximate surface area is 67.5 Å². The Hall–Kier alpha value is -0.570. The minimum atomic E-state index is 0.0879. The van der Waals surface area contributed by atoms with E-state index in [4.69, 9.17) is 0 Å². The van der Waals surface area contributed by atoms with Crippen LogP contribution in [0, 0.1) is 0 Å². The molecule has 1 amide bonds. The van der Waals surface area contributed by atoms with Gasteiger partial charge in [0.25, 0.3) is 0 Å². The van der Waals surface area contributed by atoms with Crippen LogP contribution < -0.4 is 10.6 Å². The molecule has 64 valence electrons. The summed E-state index contributed by atoms with van der Waals surface area (Å²) >= 11 is 0. The van der Waals surface area contributed by atoms with Crippen LogP contribution in [0.15, 0.2) is 0 Å². The molecule has 1 saturated carbocycles. The van der Waals surface area contributed by atoms with Gasteiger partial charge in [0.15, 0.2) is 0 Å². The molecule has 0 saturated heterocycles. The van der Waals surface area contributed by atoms with Crippen LogP contribution >= 0.6 is 0 Å². The highest BCUT2D eigenvalue weighted by Gasteiger charge is 2.28. The molecule has 0 heterocycles. The van der Waals surface area contributed by atoms with Gasteiger partial charge in [-0.05, 0) is 19.4 Å². The highest BCUT2D eigenvalue weighted by atomic mass is 16.1. The van der Waals surface area contributed by atoms with Crippen molar-refractivity contribution in [1.82, 2.24) is 10.6 Å². The number of carbonyl (C=O) groups excluding carboxylic acids is 1. The topological polar surface area (TPSA) is 41.1 Å². The molecule has 1 aliphatic carbocycles. The van der Waals surface area contributed by atoms with E-state index in [9.17, 15) is 4.79 Å². The van der Waals surface area contributed by atoms with Crippen LogP contribution in [0.5, 0.6) is 0 Å². The Bertz CT molecular complexity index is 141. The molecule has 2 N–H and O–H groups in total. The van der Waals surface area contributed by atoms with E-state index in [0.29, 0.717) is 12.1 Å². The predicted octanol–water partition coefficient (Wildman–Crippen LogP) is 0.263. The number of hydrogen-bond donors (Lipinski definition) is 2. The maximum absolute atomic E-state index is 10.6. The lowest BCUT2D eigenvalue weighted by Crippen LogP contribution is -2.51. The summed E-state index contributed by atoms with van der Waals surface area (Å²) in [6.45, 7) is 4.70. The molecule has 0 aromatic heterocycles. The lowest BCUT2D eigenvalue weighted by atomic mass is 9.87. The fourth-order valence-electron chi connectivity index (χ4n) is 1.48. The third kappa shape index (κ3) is 2.50. The largest absolute Gasteiger partial charge is 0.353 e. The van der Waals surface area contributed by atoms with Crippen molar-refractivity contribution in [3.05, 3.63) is 0 Å². The Morgan fingerprint density at radius 1 is 1.45 bits per heavy atom. The highest BCUT2D eigenvalue weighted by molar-refractivity contribution is 5.73. The van der Waals surface area contributed by atoms with E-state index in [1.807, 2.05) is 0 Å². The minimum absolute atomic E-state index is 0.0879. The Morgan fingerprint density at radius 3 is 2.55 bits per heavy atom. The Balaban J connectivity index is 2.04. The van der Waals surface area contributed by atoms with Gasteiger partial charge in [0, 0.05) is 19.0 Å². The molecule has 0 aromatic rings. The molecule has 1 aliphatic rings. The van der Waals surface area contributed by atoms with Crippen LogP contribution in [0.4, 0.5) is 0 Å². The SMILES string of the molecule is CCN[C@H]1C[C@@H](NC(C)=O)C1. The monoisotopic (exact) mass is 156 g/mol. The van der Waals surface area contributed by atoms with Crippen molar-refractivity contribution >= 4 is 5.91 Å². The van der Waals surface area contributed by atoms with E-state index in [0.717, 1.165) is 19.4 Å². The molecule has 0 aromatic carbocycles. The van der Waals surface area contributed by atoms with E-state index in [2.05, 4.69) is 17.6 Å². The summed E-state index contributed by atoms with van der Waals surface area (Å²) in [5.41, 5.74) is 0. The zero-order valence-electron chi connectivity index (χ0n) is 7.18. The van der Waals surface area contributed by atoms with Gasteiger partial charge in [-0.2, -0.15) is 0 Å². The van der Waals surface area contributed by atoms with E-state index < -0.39 is 0 Å². The van der Waals surface area contributed by atoms with Gasteiger partial charge < -0.3 is 10.6 Å². The van der Waals surface area contributed by atoms with E-state index in [-0.39, 0.29) is 5.91 Å². The molecule has 11 heavy (non-hydrogen) atoms. The molecule has 0 aliphatic heterocycles. The number of carbonyl (C=O) groups is 1. The average Bonchev–Trinajstić information content (AvgIpc) is 1.82. The summed E-state index contributed by atoms with van der Waals surface area (Å²) in [5, 5.41) is 6.22. The van der Waals surface area contributed by atoms with E-state index in [1.165, 1.54) is 0 Å². The summed E-state index contributed by atoms with van der Waals surface area (Å²) in [7, 11) is 0. The third-order valence-corrected chi connectivity index (χ3v) is 2.04. The molecule has 0 unspecified atom stereocenters. The van der Waals surface area contributed by atoms with Crippen molar-refractivity contribution in [2.45, 2.75) is 38.8 Å². The van der Waals surface area contributed by atoms with E-state index >= 15 is 0 Å². The van der Waals surface area contributed by atoms with Gasteiger partial charge >= 0.3 is 0 Å². The molecule has 0 radical (unpaired) electrons. The summed E-state index contributed by atoms with van der Waals surface area (Å²) in [4.78, 5) is 10.6. The Kier molecular flexibility index (Phi) is 2.88. The smallest absolute Gasteiger partial charge is 0.217 e. The van der Waals surface area contributed by atoms with Crippen LogP contribution in [-0.4, -0.2) is 24.5 Å². The molecule has 1 rings (SSSR count). The number of amides is 1. The second-order valence-electron chi connectivity index (χ2n) is 3.12. The van der Waals surface area contributed by atoms with Crippen molar-refractivity contribution in [2.75, 3.05) is 6.54 Å². The molecule has 0 atom stereocenters. The molecule has 3 heteroatoms. The lowest BCUT2D eigenvalue weighted by Gasteiger charge is -2.35. The van der Waals surface area contributed by atoms with Gasteiger partial charge in [0.2, 0.25) is 5.91 Å². The van der Waals surface area contributed by atoms with Crippen molar-refractivity contribution in [3.63, 3.8) is 0 Å². The molecular weight excluding hydrogens is 140 g/mol. The fourth-order valence-corrected chi connectivity index (χ4v) is 1.48. The van der Waals surface area contributed by atoms with Crippen molar-refractivity contribution in [1.29, 1.82) is 0 Å². The van der Waals surface area contributed by atoms with Gasteiger partial charge in [-0.25, -0.2) is 0 Å². The maximum Gasteiger partial charge on any atom is 0.217 e. The maximum atomic E-state index is 10.6. The van der Waals surface area contributed by atoms with Gasteiger partial charge in [0.05, 0.1) is 0 Å². The van der Waals surface area contributed by atoms with Gasteiger partial charge in [0.1, 0.15) is 0 Å². The summed E-state index contributed by atoms with van der Waals surface area (Å²) in [5.74, 6) is 0.0879. The van der Waals surface area contributed by atoms with E-state index in [1.54, 1.807) is 6.92 Å². The number of hydrogen-bond acceptors (Lipinski definition) is 2. The normalized spacial score (nSPS) is 29.3. The first-order chi connectivity index (χ1) is 5.22. The van der Waals surface area contributed by atoms with Gasteiger partial charge in [-0.15, -0.1) is 0 Å². The number of nitrogens with one attached hydrogen (secondary N) is 2. The van der Waals surface area contributed by atoms with Gasteiger partial charge in [-0.3, -0.25) is 4.79 Å². The third-order valence-electron chi connectivity index (χ3n) is 2.04. The summed E-state index contributed by atoms with van der Waals surface area (Å²) in [6.07, 6.45) is 2.18. The standard InChI is InChI=1S/C8H16N2O/c1-3-9-7-4-8(5-7)10-6(2)11/h7-9H,3-5H2,1-2H3,(H,10,11)/t7-,8+. The lowest BCUT2D eigenvalue weighted by molar-refractivity contribution is -0.120. The van der Waals surface area contributed by atoms with Crippen molar-refractivity contribution in [3.8, 4) is 0 Å². The average molecular weight is 156 g/mol. The van der Waals surface area contributed by atoms with Crippen LogP contribution in [0.25, 0.3) is 0 Å². The first-order valence-corrected chi connectivity index (χ1v) is 4.23. The van der Waals surface area contributed by atoms with Crippen LogP contribution in [-0.2, 0) is 4.79 Å². The first-order valence-electron chi connectivity index (χ1n) is 4.23. The zero-order chi connectivity index (χ0) is 8.27. The molecule has 1 fully saturated rings. The predicted molar refractivity (Wildman–Crippen MR) is 44.3 cm³/mol.